The van der Waals surface area contributed by atoms with Crippen molar-refractivity contribution < 1.29 is 19.1 Å². The summed E-state index contributed by atoms with van der Waals surface area (Å²) < 4.78 is 11.3. The number of aliphatic imine (C=N–C) groups is 1. The highest BCUT2D eigenvalue weighted by atomic mass is 16.5. The summed E-state index contributed by atoms with van der Waals surface area (Å²) in [6.45, 7) is 6.57. The smallest absolute Gasteiger partial charge is 0.315 e. The summed E-state index contributed by atoms with van der Waals surface area (Å²) in [5.74, 6) is -0.538. The van der Waals surface area contributed by atoms with E-state index in [4.69, 9.17) is 9.47 Å². The summed E-state index contributed by atoms with van der Waals surface area (Å²) in [4.78, 5) is 30.3. The number of carbonyl (C=O) groups is 2. The molecular formula is C22H27NO4. The molecule has 5 heteroatoms. The minimum Gasteiger partial charge on any atom is -0.493 e. The molecule has 0 amide bonds. The molecule has 5 nitrogen and oxygen atoms in total. The number of ether oxygens (including phenoxy) is 2. The first-order valence-corrected chi connectivity index (χ1v) is 9.78. The van der Waals surface area contributed by atoms with Crippen molar-refractivity contribution in [1.29, 1.82) is 0 Å². The molecule has 1 heterocycles. The fraction of sp³-hybridized carbons (Fsp3) is 0.500. The van der Waals surface area contributed by atoms with Gasteiger partial charge in [0.05, 0.1) is 13.2 Å². The van der Waals surface area contributed by atoms with Crippen LogP contribution in [0.4, 0.5) is 0 Å². The predicted molar refractivity (Wildman–Crippen MR) is 104 cm³/mol. The van der Waals surface area contributed by atoms with E-state index in [2.05, 4.69) is 4.99 Å². The van der Waals surface area contributed by atoms with E-state index < -0.39 is 11.8 Å². The van der Waals surface area contributed by atoms with Gasteiger partial charge < -0.3 is 9.47 Å². The molecule has 1 aromatic rings. The highest BCUT2D eigenvalue weighted by Gasteiger charge is 2.44. The first-order valence-electron chi connectivity index (χ1n) is 9.78. The molecule has 0 bridgehead atoms. The number of hydrogen-bond donors (Lipinski definition) is 0. The number of nitrogens with zero attached hydrogens (tertiary/aromatic N) is 1. The zero-order chi connectivity index (χ0) is 19.4. The molecule has 1 aromatic carbocycles. The van der Waals surface area contributed by atoms with Gasteiger partial charge in [-0.1, -0.05) is 25.1 Å². The van der Waals surface area contributed by atoms with Crippen LogP contribution in [0.2, 0.25) is 0 Å². The Morgan fingerprint density at radius 2 is 2.00 bits per heavy atom. The van der Waals surface area contributed by atoms with Crippen molar-refractivity contribution in [2.45, 2.75) is 52.4 Å². The second kappa shape index (κ2) is 8.51. The van der Waals surface area contributed by atoms with Crippen molar-refractivity contribution in [2.24, 2.45) is 10.9 Å². The Labute approximate surface area is 160 Å². The predicted octanol–water partition coefficient (Wildman–Crippen LogP) is 4.22. The van der Waals surface area contributed by atoms with E-state index in [1.54, 1.807) is 6.92 Å². The maximum atomic E-state index is 12.9. The molecule has 0 aromatic heterocycles. The lowest BCUT2D eigenvalue weighted by Crippen LogP contribution is -2.37. The van der Waals surface area contributed by atoms with Gasteiger partial charge in [-0.05, 0) is 39.2 Å². The normalized spacial score (nSPS) is 22.2. The van der Waals surface area contributed by atoms with Gasteiger partial charge in [-0.3, -0.25) is 14.6 Å². The van der Waals surface area contributed by atoms with Gasteiger partial charge >= 0.3 is 5.97 Å². The largest absolute Gasteiger partial charge is 0.493 e. The number of ketones is 1. The van der Waals surface area contributed by atoms with Gasteiger partial charge in [0, 0.05) is 34.9 Å². The van der Waals surface area contributed by atoms with Crippen LogP contribution in [0.25, 0.3) is 0 Å². The Balaban J connectivity index is 2.15. The van der Waals surface area contributed by atoms with E-state index in [-0.39, 0.29) is 11.8 Å². The van der Waals surface area contributed by atoms with E-state index in [1.807, 2.05) is 38.1 Å². The molecule has 2 atom stereocenters. The first kappa shape index (κ1) is 19.3. The highest BCUT2D eigenvalue weighted by Crippen LogP contribution is 2.46. The minimum atomic E-state index is -0.600. The van der Waals surface area contributed by atoms with Gasteiger partial charge in [-0.25, -0.2) is 0 Å². The van der Waals surface area contributed by atoms with E-state index in [9.17, 15) is 9.59 Å². The SMILES string of the molecule is CCCOc1ccccc1[C@@H]1C2=C(CCCC2=O)N=C(C)[C@H]1C(=O)OCC. The van der Waals surface area contributed by atoms with Gasteiger partial charge in [0.15, 0.2) is 5.78 Å². The Morgan fingerprint density at radius 3 is 2.74 bits per heavy atom. The molecule has 0 unspecified atom stereocenters. The molecule has 0 N–H and O–H groups in total. The van der Waals surface area contributed by atoms with Gasteiger partial charge in [-0.2, -0.15) is 0 Å². The topological polar surface area (TPSA) is 65.0 Å². The molecule has 1 aliphatic heterocycles. The maximum absolute atomic E-state index is 12.9. The lowest BCUT2D eigenvalue weighted by molar-refractivity contribution is -0.146. The van der Waals surface area contributed by atoms with Crippen LogP contribution in [-0.4, -0.2) is 30.7 Å². The summed E-state index contributed by atoms with van der Waals surface area (Å²) >= 11 is 0. The molecule has 2 aliphatic rings. The lowest BCUT2D eigenvalue weighted by Gasteiger charge is -2.35. The fourth-order valence-corrected chi connectivity index (χ4v) is 3.96. The van der Waals surface area contributed by atoms with Crippen molar-refractivity contribution >= 4 is 17.5 Å². The molecule has 0 saturated heterocycles. The second-order valence-electron chi connectivity index (χ2n) is 6.98. The number of para-hydroxylation sites is 1. The van der Waals surface area contributed by atoms with Crippen LogP contribution in [-0.2, 0) is 14.3 Å². The van der Waals surface area contributed by atoms with Crippen molar-refractivity contribution in [2.75, 3.05) is 13.2 Å². The summed E-state index contributed by atoms with van der Waals surface area (Å²) in [5.41, 5.74) is 3.05. The van der Waals surface area contributed by atoms with Crippen LogP contribution in [0.5, 0.6) is 5.75 Å². The van der Waals surface area contributed by atoms with Crippen molar-refractivity contribution in [3.8, 4) is 5.75 Å². The van der Waals surface area contributed by atoms with Crippen molar-refractivity contribution in [3.63, 3.8) is 0 Å². The van der Waals surface area contributed by atoms with Gasteiger partial charge in [-0.15, -0.1) is 0 Å². The maximum Gasteiger partial charge on any atom is 0.315 e. The number of esters is 1. The monoisotopic (exact) mass is 369 g/mol. The van der Waals surface area contributed by atoms with Crippen molar-refractivity contribution in [3.05, 3.63) is 41.1 Å². The summed E-state index contributed by atoms with van der Waals surface area (Å²) in [5, 5.41) is 0. The molecule has 0 fully saturated rings. The highest BCUT2D eigenvalue weighted by molar-refractivity contribution is 6.09. The average Bonchev–Trinajstić information content (AvgIpc) is 2.66. The zero-order valence-corrected chi connectivity index (χ0v) is 16.3. The minimum absolute atomic E-state index is 0.0806. The summed E-state index contributed by atoms with van der Waals surface area (Å²) in [7, 11) is 0. The first-order chi connectivity index (χ1) is 13.1. The molecule has 1 aliphatic carbocycles. The third-order valence-corrected chi connectivity index (χ3v) is 5.09. The van der Waals surface area contributed by atoms with Gasteiger partial charge in [0.1, 0.15) is 11.7 Å². The lowest BCUT2D eigenvalue weighted by atomic mass is 9.71. The van der Waals surface area contributed by atoms with Crippen LogP contribution >= 0.6 is 0 Å². The van der Waals surface area contributed by atoms with Crippen LogP contribution in [0.15, 0.2) is 40.5 Å². The standard InChI is InChI=1S/C22H27NO4/c1-4-13-27-18-12-7-6-9-15(18)20-19(22(25)26-5-2)14(3)23-16-10-8-11-17(24)21(16)20/h6-7,9,12,19-20H,4-5,8,10-11,13H2,1-3H3/t19-,20+/m1/s1. The number of Topliss-reactive ketones (excluding diaryl/α,β-unsaturated/α-hetero) is 1. The Hall–Kier alpha value is -2.43. The number of hydrogen-bond acceptors (Lipinski definition) is 5. The summed E-state index contributed by atoms with van der Waals surface area (Å²) in [6, 6.07) is 7.69. The van der Waals surface area contributed by atoms with Crippen molar-refractivity contribution in [1.82, 2.24) is 0 Å². The molecule has 0 saturated carbocycles. The molecule has 3 rings (SSSR count). The second-order valence-corrected chi connectivity index (χ2v) is 6.98. The Morgan fingerprint density at radius 1 is 1.22 bits per heavy atom. The number of rotatable bonds is 6. The summed E-state index contributed by atoms with van der Waals surface area (Å²) in [6.07, 6.45) is 2.95. The van der Waals surface area contributed by atoms with Crippen LogP contribution < -0.4 is 4.74 Å². The van der Waals surface area contributed by atoms with Gasteiger partial charge in [0.2, 0.25) is 0 Å². The number of allylic oxidation sites excluding steroid dienone is 2. The third kappa shape index (κ3) is 3.82. The average molecular weight is 369 g/mol. The number of carbonyl (C=O) groups excluding carboxylic acids is 2. The molecule has 0 radical (unpaired) electrons. The van der Waals surface area contributed by atoms with E-state index in [0.717, 1.165) is 36.3 Å². The molecule has 144 valence electrons. The van der Waals surface area contributed by atoms with Crippen LogP contribution in [0, 0.1) is 5.92 Å². The van der Waals surface area contributed by atoms with E-state index in [0.29, 0.717) is 30.9 Å². The zero-order valence-electron chi connectivity index (χ0n) is 16.3. The van der Waals surface area contributed by atoms with E-state index >= 15 is 0 Å². The number of benzene rings is 1. The third-order valence-electron chi connectivity index (χ3n) is 5.09. The molecule has 0 spiro atoms. The van der Waals surface area contributed by atoms with Gasteiger partial charge in [0.25, 0.3) is 0 Å². The Bertz CT molecular complexity index is 793. The molecular weight excluding hydrogens is 342 g/mol. The quantitative estimate of drug-likeness (QED) is 0.704. The van der Waals surface area contributed by atoms with Crippen LogP contribution in [0.3, 0.4) is 0 Å². The van der Waals surface area contributed by atoms with E-state index in [1.165, 1.54) is 0 Å². The van der Waals surface area contributed by atoms with Crippen LogP contribution in [0.1, 0.15) is 57.9 Å². The molecule has 27 heavy (non-hydrogen) atoms. The Kier molecular flexibility index (Phi) is 6.09. The fourth-order valence-electron chi connectivity index (χ4n) is 3.96.